The highest BCUT2D eigenvalue weighted by molar-refractivity contribution is 7.12. The second kappa shape index (κ2) is 8.81. The largest absolute Gasteiger partial charge is 0.465 e. The van der Waals surface area contributed by atoms with Crippen molar-refractivity contribution in [2.75, 3.05) is 20.2 Å². The van der Waals surface area contributed by atoms with E-state index in [0.717, 1.165) is 10.4 Å². The molecule has 0 spiro atoms. The average molecular weight is 386 g/mol. The number of hydrogen-bond acceptors (Lipinski definition) is 5. The van der Waals surface area contributed by atoms with Gasteiger partial charge in [0.25, 0.3) is 5.91 Å². The fraction of sp³-hybridized carbons (Fsp3) is 0.350. The third kappa shape index (κ3) is 4.74. The molecule has 1 aliphatic rings. The Labute approximate surface area is 162 Å². The predicted octanol–water partition coefficient (Wildman–Crippen LogP) is 2.70. The molecule has 0 radical (unpaired) electrons. The maximum Gasteiger partial charge on any atom is 0.337 e. The zero-order chi connectivity index (χ0) is 19.2. The first-order valence-corrected chi connectivity index (χ1v) is 9.74. The third-order valence-electron chi connectivity index (χ3n) is 4.73. The highest BCUT2D eigenvalue weighted by Gasteiger charge is 2.27. The van der Waals surface area contributed by atoms with Crippen LogP contribution in [-0.4, -0.2) is 42.9 Å². The lowest BCUT2D eigenvalue weighted by Gasteiger charge is -2.31. The number of rotatable bonds is 5. The molecule has 3 rings (SSSR count). The van der Waals surface area contributed by atoms with Crippen LogP contribution in [0.2, 0.25) is 0 Å². The number of ether oxygens (including phenoxy) is 1. The number of carbonyl (C=O) groups excluding carboxylic acids is 3. The van der Waals surface area contributed by atoms with Gasteiger partial charge in [-0.3, -0.25) is 9.59 Å². The Hall–Kier alpha value is -2.67. The van der Waals surface area contributed by atoms with Crippen molar-refractivity contribution in [3.05, 3.63) is 57.8 Å². The Balaban J connectivity index is 1.45. The van der Waals surface area contributed by atoms with E-state index in [2.05, 4.69) is 10.1 Å². The van der Waals surface area contributed by atoms with E-state index >= 15 is 0 Å². The Morgan fingerprint density at radius 3 is 2.44 bits per heavy atom. The molecule has 27 heavy (non-hydrogen) atoms. The van der Waals surface area contributed by atoms with Crippen LogP contribution in [0.5, 0.6) is 0 Å². The molecule has 142 valence electrons. The van der Waals surface area contributed by atoms with Gasteiger partial charge in [-0.25, -0.2) is 4.79 Å². The maximum atomic E-state index is 12.4. The van der Waals surface area contributed by atoms with Gasteiger partial charge in [-0.2, -0.15) is 0 Å². The molecule has 0 saturated carbocycles. The van der Waals surface area contributed by atoms with Gasteiger partial charge in [0.2, 0.25) is 5.91 Å². The second-order valence-corrected chi connectivity index (χ2v) is 7.40. The lowest BCUT2D eigenvalue weighted by Crippen LogP contribution is -2.42. The smallest absolute Gasteiger partial charge is 0.337 e. The SMILES string of the molecule is COC(=O)c1ccc(CNC(=O)C2CCN(C(=O)c3cccs3)CC2)cc1. The van der Waals surface area contributed by atoms with Crippen molar-refractivity contribution in [2.24, 2.45) is 5.92 Å². The summed E-state index contributed by atoms with van der Waals surface area (Å²) >= 11 is 1.44. The number of carbonyl (C=O) groups is 3. The summed E-state index contributed by atoms with van der Waals surface area (Å²) in [6, 6.07) is 10.7. The fourth-order valence-corrected chi connectivity index (χ4v) is 3.80. The van der Waals surface area contributed by atoms with Gasteiger partial charge in [-0.15, -0.1) is 11.3 Å². The second-order valence-electron chi connectivity index (χ2n) is 6.45. The van der Waals surface area contributed by atoms with Gasteiger partial charge in [0, 0.05) is 25.6 Å². The lowest BCUT2D eigenvalue weighted by molar-refractivity contribution is -0.126. The van der Waals surface area contributed by atoms with Crippen molar-refractivity contribution >= 4 is 29.1 Å². The van der Waals surface area contributed by atoms with Crippen LogP contribution >= 0.6 is 11.3 Å². The average Bonchev–Trinajstić information content (AvgIpc) is 3.26. The van der Waals surface area contributed by atoms with Crippen molar-refractivity contribution in [1.82, 2.24) is 10.2 Å². The number of benzene rings is 1. The van der Waals surface area contributed by atoms with Crippen LogP contribution in [0.25, 0.3) is 0 Å². The molecule has 1 saturated heterocycles. The summed E-state index contributed by atoms with van der Waals surface area (Å²) in [6.45, 7) is 1.61. The van der Waals surface area contributed by atoms with Crippen LogP contribution in [0.15, 0.2) is 41.8 Å². The van der Waals surface area contributed by atoms with Crippen LogP contribution in [-0.2, 0) is 16.1 Å². The maximum absolute atomic E-state index is 12.4. The summed E-state index contributed by atoms with van der Waals surface area (Å²) in [5.41, 5.74) is 1.40. The van der Waals surface area contributed by atoms with Crippen LogP contribution in [0.1, 0.15) is 38.4 Å². The molecule has 0 unspecified atom stereocenters. The summed E-state index contributed by atoms with van der Waals surface area (Å²) in [4.78, 5) is 38.8. The minimum absolute atomic E-state index is 0.00951. The molecule has 6 nitrogen and oxygen atoms in total. The Bertz CT molecular complexity index is 794. The molecular weight excluding hydrogens is 364 g/mol. The van der Waals surface area contributed by atoms with E-state index in [1.165, 1.54) is 18.4 Å². The highest BCUT2D eigenvalue weighted by atomic mass is 32.1. The Kier molecular flexibility index (Phi) is 6.24. The third-order valence-corrected chi connectivity index (χ3v) is 5.58. The van der Waals surface area contributed by atoms with E-state index in [9.17, 15) is 14.4 Å². The van der Waals surface area contributed by atoms with E-state index in [-0.39, 0.29) is 23.7 Å². The van der Waals surface area contributed by atoms with Gasteiger partial charge < -0.3 is 15.0 Å². The lowest BCUT2D eigenvalue weighted by atomic mass is 9.95. The highest BCUT2D eigenvalue weighted by Crippen LogP contribution is 2.21. The zero-order valence-electron chi connectivity index (χ0n) is 15.1. The Morgan fingerprint density at radius 1 is 1.15 bits per heavy atom. The van der Waals surface area contributed by atoms with Gasteiger partial charge in [0.15, 0.2) is 0 Å². The van der Waals surface area contributed by atoms with Gasteiger partial charge in [0.1, 0.15) is 0 Å². The topological polar surface area (TPSA) is 75.7 Å². The quantitative estimate of drug-likeness (QED) is 0.802. The van der Waals surface area contributed by atoms with Gasteiger partial charge in [-0.05, 0) is 42.0 Å². The van der Waals surface area contributed by atoms with Crippen LogP contribution in [0.4, 0.5) is 0 Å². The molecule has 0 aliphatic carbocycles. The molecular formula is C20H22N2O4S. The summed E-state index contributed by atoms with van der Waals surface area (Å²) < 4.78 is 4.67. The number of thiophene rings is 1. The standard InChI is InChI=1S/C20H22N2O4S/c1-26-20(25)16-6-4-14(5-7-16)13-21-18(23)15-8-10-22(11-9-15)19(24)17-3-2-12-27-17/h2-7,12,15H,8-11,13H2,1H3,(H,21,23). The number of methoxy groups -OCH3 is 1. The summed E-state index contributed by atoms with van der Waals surface area (Å²) in [5, 5.41) is 4.84. The van der Waals surface area contributed by atoms with Crippen molar-refractivity contribution in [3.63, 3.8) is 0 Å². The van der Waals surface area contributed by atoms with Crippen molar-refractivity contribution < 1.29 is 19.1 Å². The molecule has 2 heterocycles. The van der Waals surface area contributed by atoms with Crippen LogP contribution < -0.4 is 5.32 Å². The summed E-state index contributed by atoms with van der Waals surface area (Å²) in [7, 11) is 1.34. The molecule has 7 heteroatoms. The molecule has 1 aromatic carbocycles. The first-order valence-electron chi connectivity index (χ1n) is 8.86. The van der Waals surface area contributed by atoms with Gasteiger partial charge in [-0.1, -0.05) is 18.2 Å². The number of piperidine rings is 1. The first-order chi connectivity index (χ1) is 13.1. The number of esters is 1. The molecule has 2 amide bonds. The number of nitrogens with one attached hydrogen (secondary N) is 1. The van der Waals surface area contributed by atoms with Crippen molar-refractivity contribution in [2.45, 2.75) is 19.4 Å². The number of hydrogen-bond donors (Lipinski definition) is 1. The number of likely N-dealkylation sites (tertiary alicyclic amines) is 1. The molecule has 1 fully saturated rings. The van der Waals surface area contributed by atoms with E-state index in [1.807, 2.05) is 22.4 Å². The fourth-order valence-electron chi connectivity index (χ4n) is 3.11. The van der Waals surface area contributed by atoms with E-state index in [0.29, 0.717) is 38.0 Å². The van der Waals surface area contributed by atoms with Gasteiger partial charge in [0.05, 0.1) is 17.6 Å². The van der Waals surface area contributed by atoms with Gasteiger partial charge >= 0.3 is 5.97 Å². The first kappa shape index (κ1) is 19.1. The summed E-state index contributed by atoms with van der Waals surface area (Å²) in [6.07, 6.45) is 1.34. The predicted molar refractivity (Wildman–Crippen MR) is 103 cm³/mol. The monoisotopic (exact) mass is 386 g/mol. The van der Waals surface area contributed by atoms with Crippen LogP contribution in [0.3, 0.4) is 0 Å². The van der Waals surface area contributed by atoms with Crippen LogP contribution in [0, 0.1) is 5.92 Å². The number of amides is 2. The molecule has 1 aromatic heterocycles. The summed E-state index contributed by atoms with van der Waals surface area (Å²) in [5.74, 6) is -0.397. The van der Waals surface area contributed by atoms with Crippen molar-refractivity contribution in [1.29, 1.82) is 0 Å². The van der Waals surface area contributed by atoms with E-state index in [4.69, 9.17) is 0 Å². The Morgan fingerprint density at radius 2 is 1.85 bits per heavy atom. The van der Waals surface area contributed by atoms with E-state index in [1.54, 1.807) is 24.3 Å². The van der Waals surface area contributed by atoms with E-state index < -0.39 is 0 Å². The van der Waals surface area contributed by atoms with Crippen molar-refractivity contribution in [3.8, 4) is 0 Å². The molecule has 2 aromatic rings. The number of nitrogens with zero attached hydrogens (tertiary/aromatic N) is 1. The zero-order valence-corrected chi connectivity index (χ0v) is 16.0. The molecule has 1 aliphatic heterocycles. The molecule has 0 bridgehead atoms. The minimum atomic E-state index is -0.380. The molecule has 1 N–H and O–H groups in total. The molecule has 0 atom stereocenters. The normalized spacial score (nSPS) is 14.6. The minimum Gasteiger partial charge on any atom is -0.465 e.